The lowest BCUT2D eigenvalue weighted by Crippen LogP contribution is -2.44. The molecule has 0 atom stereocenters. The number of ether oxygens (including phenoxy) is 1. The number of carbonyl (C=O) groups is 2. The molecule has 252 valence electrons. The van der Waals surface area contributed by atoms with E-state index in [0.717, 1.165) is 37.8 Å². The number of nitrogens with one attached hydrogen (secondary N) is 3. The van der Waals surface area contributed by atoms with Gasteiger partial charge in [-0.1, -0.05) is 6.07 Å². The number of hydrogen-bond acceptors (Lipinski definition) is 9. The molecular weight excluding hydrogens is 632 g/mol. The van der Waals surface area contributed by atoms with Crippen molar-refractivity contribution in [2.75, 3.05) is 68.2 Å². The Kier molecular flexibility index (Phi) is 10.4. The summed E-state index contributed by atoms with van der Waals surface area (Å²) in [6.45, 7) is 4.37. The Morgan fingerprint density at radius 3 is 2.29 bits per heavy atom. The highest BCUT2D eigenvalue weighted by Crippen LogP contribution is 2.32. The van der Waals surface area contributed by atoms with Crippen LogP contribution in [0, 0.1) is 5.82 Å². The van der Waals surface area contributed by atoms with E-state index in [2.05, 4.69) is 42.8 Å². The van der Waals surface area contributed by atoms with Gasteiger partial charge in [0.2, 0.25) is 5.95 Å². The predicted molar refractivity (Wildman–Crippen MR) is 174 cm³/mol. The number of piperazine rings is 1. The van der Waals surface area contributed by atoms with Crippen LogP contribution >= 0.6 is 0 Å². The molecule has 3 N–H and O–H groups in total. The number of anilines is 6. The summed E-state index contributed by atoms with van der Waals surface area (Å²) in [4.78, 5) is 40.3. The zero-order valence-corrected chi connectivity index (χ0v) is 26.4. The van der Waals surface area contributed by atoms with Crippen molar-refractivity contribution >= 4 is 46.5 Å². The van der Waals surface area contributed by atoms with Gasteiger partial charge in [-0.3, -0.25) is 4.90 Å². The summed E-state index contributed by atoms with van der Waals surface area (Å²) in [6.07, 6.45) is -3.18. The Bertz CT molecular complexity index is 1760. The SMILES string of the molecule is COC(=O)c1cc(Nc2nccc(N(C)c3ccc(NC(=O)Nc4cc(F)cc(C(F)(F)F)c4)cc3)n2)ccc1CN1CCN(C)CC1. The topological polar surface area (TPSA) is 115 Å². The van der Waals surface area contributed by atoms with Crippen molar-refractivity contribution in [3.8, 4) is 0 Å². The minimum Gasteiger partial charge on any atom is -0.465 e. The second kappa shape index (κ2) is 14.6. The number of urea groups is 1. The third-order valence-corrected chi connectivity index (χ3v) is 7.74. The van der Waals surface area contributed by atoms with E-state index in [4.69, 9.17) is 4.74 Å². The number of carbonyl (C=O) groups excluding carboxylic acids is 2. The number of nitrogens with zero attached hydrogens (tertiary/aromatic N) is 5. The van der Waals surface area contributed by atoms with Crippen LogP contribution < -0.4 is 20.9 Å². The molecule has 0 unspecified atom stereocenters. The first-order valence-corrected chi connectivity index (χ1v) is 14.9. The van der Waals surface area contributed by atoms with Crippen LogP contribution in [0.1, 0.15) is 21.5 Å². The molecule has 5 rings (SSSR count). The number of methoxy groups -OCH3 is 1. The Morgan fingerprint density at radius 2 is 1.60 bits per heavy atom. The Balaban J connectivity index is 1.23. The minimum absolute atomic E-state index is 0.294. The molecular formula is C33H34F4N8O3. The van der Waals surface area contributed by atoms with Gasteiger partial charge in [-0.25, -0.2) is 19.0 Å². The highest BCUT2D eigenvalue weighted by Gasteiger charge is 2.31. The van der Waals surface area contributed by atoms with Gasteiger partial charge in [0.15, 0.2) is 0 Å². The van der Waals surface area contributed by atoms with Crippen LogP contribution in [-0.4, -0.2) is 79.2 Å². The normalized spacial score (nSPS) is 13.9. The van der Waals surface area contributed by atoms with Crippen LogP contribution in [0.4, 0.5) is 56.9 Å². The van der Waals surface area contributed by atoms with Gasteiger partial charge in [0.25, 0.3) is 0 Å². The minimum atomic E-state index is -4.76. The number of halogens is 4. The van der Waals surface area contributed by atoms with Crippen LogP contribution in [0.5, 0.6) is 0 Å². The number of amides is 2. The molecule has 1 aliphatic rings. The van der Waals surface area contributed by atoms with Gasteiger partial charge >= 0.3 is 18.2 Å². The predicted octanol–water partition coefficient (Wildman–Crippen LogP) is 6.32. The van der Waals surface area contributed by atoms with E-state index in [1.54, 1.807) is 54.5 Å². The number of rotatable bonds is 9. The lowest BCUT2D eigenvalue weighted by atomic mass is 10.1. The second-order valence-corrected chi connectivity index (χ2v) is 11.2. The zero-order chi connectivity index (χ0) is 34.4. The zero-order valence-electron chi connectivity index (χ0n) is 26.4. The fourth-order valence-electron chi connectivity index (χ4n) is 5.08. The molecule has 2 amide bonds. The summed E-state index contributed by atoms with van der Waals surface area (Å²) in [7, 11) is 5.23. The molecule has 2 heterocycles. The Morgan fingerprint density at radius 1 is 0.917 bits per heavy atom. The van der Waals surface area contributed by atoms with E-state index in [0.29, 0.717) is 53.1 Å². The van der Waals surface area contributed by atoms with Crippen molar-refractivity contribution in [1.29, 1.82) is 0 Å². The molecule has 1 saturated heterocycles. The summed E-state index contributed by atoms with van der Waals surface area (Å²) in [5.41, 5.74) is 1.43. The van der Waals surface area contributed by atoms with Crippen LogP contribution in [0.25, 0.3) is 0 Å². The molecule has 0 spiro atoms. The largest absolute Gasteiger partial charge is 0.465 e. The van der Waals surface area contributed by atoms with E-state index in [1.165, 1.54) is 7.11 Å². The summed E-state index contributed by atoms with van der Waals surface area (Å²) < 4.78 is 57.7. The monoisotopic (exact) mass is 666 g/mol. The first-order valence-electron chi connectivity index (χ1n) is 14.9. The maximum atomic E-state index is 13.7. The highest BCUT2D eigenvalue weighted by atomic mass is 19.4. The van der Waals surface area contributed by atoms with E-state index >= 15 is 0 Å². The molecule has 3 aromatic carbocycles. The third-order valence-electron chi connectivity index (χ3n) is 7.74. The lowest BCUT2D eigenvalue weighted by molar-refractivity contribution is -0.137. The van der Waals surface area contributed by atoms with Gasteiger partial charge in [-0.2, -0.15) is 18.2 Å². The molecule has 1 aromatic heterocycles. The van der Waals surface area contributed by atoms with E-state index < -0.39 is 29.6 Å². The Labute approximate surface area is 274 Å². The highest BCUT2D eigenvalue weighted by molar-refractivity contribution is 6.00. The van der Waals surface area contributed by atoms with E-state index in [-0.39, 0.29) is 5.69 Å². The van der Waals surface area contributed by atoms with Crippen molar-refractivity contribution < 1.29 is 31.9 Å². The first-order chi connectivity index (χ1) is 22.9. The second-order valence-electron chi connectivity index (χ2n) is 11.2. The van der Waals surface area contributed by atoms with Crippen LogP contribution in [0.3, 0.4) is 0 Å². The van der Waals surface area contributed by atoms with Gasteiger partial charge < -0.3 is 30.5 Å². The summed E-state index contributed by atoms with van der Waals surface area (Å²) in [5.74, 6) is -0.728. The van der Waals surface area contributed by atoms with Crippen molar-refractivity contribution in [3.63, 3.8) is 0 Å². The van der Waals surface area contributed by atoms with Gasteiger partial charge in [-0.15, -0.1) is 0 Å². The molecule has 48 heavy (non-hydrogen) atoms. The number of esters is 1. The fourth-order valence-corrected chi connectivity index (χ4v) is 5.08. The molecule has 0 bridgehead atoms. The molecule has 1 aliphatic heterocycles. The molecule has 4 aromatic rings. The van der Waals surface area contributed by atoms with Crippen molar-refractivity contribution in [3.05, 3.63) is 95.4 Å². The van der Waals surface area contributed by atoms with Crippen LogP contribution in [-0.2, 0) is 17.5 Å². The third kappa shape index (κ3) is 8.74. The van der Waals surface area contributed by atoms with Gasteiger partial charge in [0, 0.05) is 68.7 Å². The van der Waals surface area contributed by atoms with E-state index in [9.17, 15) is 27.2 Å². The molecule has 15 heteroatoms. The average Bonchev–Trinajstić information content (AvgIpc) is 3.05. The maximum Gasteiger partial charge on any atom is 0.416 e. The number of benzene rings is 3. The van der Waals surface area contributed by atoms with Gasteiger partial charge in [0.1, 0.15) is 11.6 Å². The maximum absolute atomic E-state index is 13.7. The Hall–Kier alpha value is -5.28. The molecule has 0 aliphatic carbocycles. The molecule has 11 nitrogen and oxygen atoms in total. The number of likely N-dealkylation sites (N-methyl/N-ethyl adjacent to an activating group) is 1. The number of aromatic nitrogens is 2. The van der Waals surface area contributed by atoms with Crippen molar-refractivity contribution in [1.82, 2.24) is 19.8 Å². The van der Waals surface area contributed by atoms with E-state index in [1.807, 2.05) is 12.1 Å². The van der Waals surface area contributed by atoms with Crippen molar-refractivity contribution in [2.45, 2.75) is 12.7 Å². The molecule has 0 saturated carbocycles. The summed E-state index contributed by atoms with van der Waals surface area (Å²) >= 11 is 0. The van der Waals surface area contributed by atoms with Gasteiger partial charge in [-0.05, 0) is 73.3 Å². The van der Waals surface area contributed by atoms with Gasteiger partial charge in [0.05, 0.1) is 18.2 Å². The van der Waals surface area contributed by atoms with Crippen LogP contribution in [0.2, 0.25) is 0 Å². The van der Waals surface area contributed by atoms with Crippen LogP contribution in [0.15, 0.2) is 72.9 Å². The summed E-state index contributed by atoms with van der Waals surface area (Å²) in [5, 5.41) is 7.88. The number of hydrogen-bond donors (Lipinski definition) is 3. The standard InChI is InChI=1S/C33H34F4N8O3/c1-43-12-14-45(15-13-43)20-21-4-5-25(19-28(21)30(46)48-3)39-31-38-11-10-29(42-31)44(2)27-8-6-24(7-9-27)40-32(47)41-26-17-22(33(35,36)37)16-23(34)18-26/h4-11,16-19H,12-15,20H2,1-3H3,(H,38,39,42)(H2,40,41,47). The average molecular weight is 667 g/mol. The molecule has 0 radical (unpaired) electrons. The summed E-state index contributed by atoms with van der Waals surface area (Å²) in [6, 6.07) is 14.7. The quantitative estimate of drug-likeness (QED) is 0.139. The number of alkyl halides is 3. The smallest absolute Gasteiger partial charge is 0.416 e. The first kappa shape index (κ1) is 34.1. The van der Waals surface area contributed by atoms with Crippen molar-refractivity contribution in [2.24, 2.45) is 0 Å². The fraction of sp³-hybridized carbons (Fsp3) is 0.273. The lowest BCUT2D eigenvalue weighted by Gasteiger charge is -2.32. The molecule has 1 fully saturated rings.